The summed E-state index contributed by atoms with van der Waals surface area (Å²) in [6.07, 6.45) is 0. The molecule has 0 heterocycles. The normalized spacial score (nSPS) is 11.3. The van der Waals surface area contributed by atoms with Crippen LogP contribution in [-0.2, 0) is 16.6 Å². The zero-order valence-electron chi connectivity index (χ0n) is 10.3. The Labute approximate surface area is 115 Å². The van der Waals surface area contributed by atoms with Gasteiger partial charge in [-0.3, -0.25) is 4.72 Å². The van der Waals surface area contributed by atoms with Crippen LogP contribution in [0.3, 0.4) is 0 Å². The zero-order chi connectivity index (χ0) is 14.8. The summed E-state index contributed by atoms with van der Waals surface area (Å²) in [5.74, 6) is -1.17. The fraction of sp³-hybridized carbons (Fsp3) is 0.0769. The van der Waals surface area contributed by atoms with Crippen molar-refractivity contribution in [2.24, 2.45) is 5.73 Å². The molecule has 0 bridgehead atoms. The number of sulfonamides is 1. The molecule has 0 unspecified atom stereocenters. The maximum atomic E-state index is 13.6. The average Bonchev–Trinajstić information content (AvgIpc) is 2.41. The predicted octanol–water partition coefficient (Wildman–Crippen LogP) is 2.22. The first-order valence-corrected chi connectivity index (χ1v) is 7.18. The fourth-order valence-electron chi connectivity index (χ4n) is 1.72. The lowest BCUT2D eigenvalue weighted by molar-refractivity contribution is 0.585. The van der Waals surface area contributed by atoms with Crippen molar-refractivity contribution in [2.75, 3.05) is 4.72 Å². The molecule has 4 nitrogen and oxygen atoms in total. The molecule has 2 aromatic carbocycles. The van der Waals surface area contributed by atoms with Crippen LogP contribution in [0, 0.1) is 11.6 Å². The molecule has 0 spiro atoms. The van der Waals surface area contributed by atoms with Crippen LogP contribution in [0.15, 0.2) is 47.4 Å². The number of nitrogens with two attached hydrogens (primary N) is 1. The van der Waals surface area contributed by atoms with E-state index in [4.69, 9.17) is 5.73 Å². The number of anilines is 1. The molecule has 0 aliphatic rings. The van der Waals surface area contributed by atoms with Gasteiger partial charge in [0.1, 0.15) is 11.6 Å². The Kier molecular flexibility index (Phi) is 4.01. The third kappa shape index (κ3) is 2.94. The van der Waals surface area contributed by atoms with Crippen LogP contribution in [0.1, 0.15) is 5.56 Å². The van der Waals surface area contributed by atoms with Crippen LogP contribution in [-0.4, -0.2) is 8.42 Å². The highest BCUT2D eigenvalue weighted by Gasteiger charge is 2.20. The molecule has 0 aliphatic heterocycles. The zero-order valence-corrected chi connectivity index (χ0v) is 11.1. The molecule has 0 radical (unpaired) electrons. The Morgan fingerprint density at radius 3 is 2.30 bits per heavy atom. The second-order valence-electron chi connectivity index (χ2n) is 4.03. The summed E-state index contributed by atoms with van der Waals surface area (Å²) < 4.78 is 53.0. The molecule has 3 N–H and O–H groups in total. The maximum absolute atomic E-state index is 13.6. The smallest absolute Gasteiger partial charge is 0.262 e. The average molecular weight is 298 g/mol. The van der Waals surface area contributed by atoms with Crippen molar-refractivity contribution in [3.63, 3.8) is 0 Å². The lowest BCUT2D eigenvalue weighted by Gasteiger charge is -2.12. The monoisotopic (exact) mass is 298 g/mol. The molecule has 0 saturated heterocycles. The summed E-state index contributed by atoms with van der Waals surface area (Å²) in [5.41, 5.74) is 5.46. The summed E-state index contributed by atoms with van der Waals surface area (Å²) in [7, 11) is -3.98. The van der Waals surface area contributed by atoms with Gasteiger partial charge in [0.25, 0.3) is 10.0 Å². The van der Waals surface area contributed by atoms with E-state index < -0.39 is 21.7 Å². The molecule has 0 saturated carbocycles. The number of rotatable bonds is 4. The summed E-state index contributed by atoms with van der Waals surface area (Å²) in [4.78, 5) is -0.232. The SMILES string of the molecule is NCc1c(F)cccc1S(=O)(=O)Nc1ccc(F)cc1. The van der Waals surface area contributed by atoms with E-state index in [1.54, 1.807) is 0 Å². The van der Waals surface area contributed by atoms with Gasteiger partial charge in [0.15, 0.2) is 0 Å². The Balaban J connectivity index is 2.41. The first-order valence-electron chi connectivity index (χ1n) is 5.70. The molecular formula is C13H12F2N2O2S. The highest BCUT2D eigenvalue weighted by Crippen LogP contribution is 2.21. The van der Waals surface area contributed by atoms with Gasteiger partial charge in [-0.2, -0.15) is 0 Å². The first-order chi connectivity index (χ1) is 9.44. The summed E-state index contributed by atoms with van der Waals surface area (Å²) in [6.45, 7) is -0.244. The molecule has 2 aromatic rings. The van der Waals surface area contributed by atoms with Crippen LogP contribution in [0.4, 0.5) is 14.5 Å². The van der Waals surface area contributed by atoms with E-state index in [1.807, 2.05) is 0 Å². The van der Waals surface area contributed by atoms with Crippen LogP contribution in [0.5, 0.6) is 0 Å². The lowest BCUT2D eigenvalue weighted by atomic mass is 10.2. The fourth-order valence-corrected chi connectivity index (χ4v) is 3.04. The van der Waals surface area contributed by atoms with E-state index in [-0.39, 0.29) is 22.7 Å². The molecule has 7 heteroatoms. The first kappa shape index (κ1) is 14.4. The standard InChI is InChI=1S/C13H12F2N2O2S/c14-9-4-6-10(7-5-9)17-20(18,19)13-3-1-2-12(15)11(13)8-16/h1-7,17H,8,16H2. The van der Waals surface area contributed by atoms with Gasteiger partial charge in [0, 0.05) is 17.8 Å². The number of halogens is 2. The molecule has 0 amide bonds. The van der Waals surface area contributed by atoms with Crippen molar-refractivity contribution >= 4 is 15.7 Å². The van der Waals surface area contributed by atoms with E-state index >= 15 is 0 Å². The number of hydrogen-bond acceptors (Lipinski definition) is 3. The van der Waals surface area contributed by atoms with E-state index in [9.17, 15) is 17.2 Å². The predicted molar refractivity (Wildman–Crippen MR) is 71.5 cm³/mol. The largest absolute Gasteiger partial charge is 0.326 e. The van der Waals surface area contributed by atoms with Crippen LogP contribution >= 0.6 is 0 Å². The van der Waals surface area contributed by atoms with Crippen LogP contribution in [0.25, 0.3) is 0 Å². The second kappa shape index (κ2) is 5.56. The minimum atomic E-state index is -3.98. The Morgan fingerprint density at radius 1 is 1.05 bits per heavy atom. The molecule has 20 heavy (non-hydrogen) atoms. The lowest BCUT2D eigenvalue weighted by Crippen LogP contribution is -2.17. The van der Waals surface area contributed by atoms with Gasteiger partial charge < -0.3 is 5.73 Å². The minimum absolute atomic E-state index is 0.0953. The van der Waals surface area contributed by atoms with E-state index in [1.165, 1.54) is 24.3 Å². The Morgan fingerprint density at radius 2 is 1.70 bits per heavy atom. The minimum Gasteiger partial charge on any atom is -0.326 e. The summed E-state index contributed by atoms with van der Waals surface area (Å²) in [6, 6.07) is 8.47. The molecule has 0 aliphatic carbocycles. The van der Waals surface area contributed by atoms with E-state index in [2.05, 4.69) is 4.72 Å². The molecule has 0 fully saturated rings. The molecule has 106 valence electrons. The number of hydrogen-bond donors (Lipinski definition) is 2. The van der Waals surface area contributed by atoms with Crippen molar-refractivity contribution in [3.8, 4) is 0 Å². The Hall–Kier alpha value is -1.99. The van der Waals surface area contributed by atoms with Crippen LogP contribution < -0.4 is 10.5 Å². The van der Waals surface area contributed by atoms with Crippen molar-refractivity contribution < 1.29 is 17.2 Å². The molecule has 2 rings (SSSR count). The third-order valence-electron chi connectivity index (χ3n) is 2.67. The summed E-state index contributed by atoms with van der Waals surface area (Å²) >= 11 is 0. The van der Waals surface area contributed by atoms with E-state index in [0.717, 1.165) is 18.2 Å². The molecule has 0 atom stereocenters. The highest BCUT2D eigenvalue weighted by atomic mass is 32.2. The van der Waals surface area contributed by atoms with Crippen molar-refractivity contribution in [1.82, 2.24) is 0 Å². The van der Waals surface area contributed by atoms with Crippen molar-refractivity contribution in [2.45, 2.75) is 11.4 Å². The molecule has 0 aromatic heterocycles. The van der Waals surface area contributed by atoms with Crippen LogP contribution in [0.2, 0.25) is 0 Å². The van der Waals surface area contributed by atoms with Gasteiger partial charge in [-0.15, -0.1) is 0 Å². The number of benzene rings is 2. The number of nitrogens with one attached hydrogen (secondary N) is 1. The van der Waals surface area contributed by atoms with E-state index in [0.29, 0.717) is 0 Å². The second-order valence-corrected chi connectivity index (χ2v) is 5.68. The van der Waals surface area contributed by atoms with Gasteiger partial charge >= 0.3 is 0 Å². The topological polar surface area (TPSA) is 72.2 Å². The van der Waals surface area contributed by atoms with Gasteiger partial charge in [-0.05, 0) is 36.4 Å². The van der Waals surface area contributed by atoms with Crippen molar-refractivity contribution in [3.05, 3.63) is 59.7 Å². The van der Waals surface area contributed by atoms with Gasteiger partial charge in [-0.1, -0.05) is 6.07 Å². The maximum Gasteiger partial charge on any atom is 0.262 e. The van der Waals surface area contributed by atoms with Gasteiger partial charge in [0.2, 0.25) is 0 Å². The van der Waals surface area contributed by atoms with Crippen molar-refractivity contribution in [1.29, 1.82) is 0 Å². The van der Waals surface area contributed by atoms with Gasteiger partial charge in [0.05, 0.1) is 4.90 Å². The quantitative estimate of drug-likeness (QED) is 0.909. The summed E-state index contributed by atoms with van der Waals surface area (Å²) in [5, 5.41) is 0. The van der Waals surface area contributed by atoms with Gasteiger partial charge in [-0.25, -0.2) is 17.2 Å². The highest BCUT2D eigenvalue weighted by molar-refractivity contribution is 7.92. The third-order valence-corrected chi connectivity index (χ3v) is 4.13. The Bertz CT molecular complexity index is 716. The molecular weight excluding hydrogens is 286 g/mol.